The van der Waals surface area contributed by atoms with E-state index in [0.717, 1.165) is 51.4 Å². The summed E-state index contributed by atoms with van der Waals surface area (Å²) in [7, 11) is 0. The molecule has 0 saturated heterocycles. The van der Waals surface area contributed by atoms with E-state index in [2.05, 4.69) is 57.9 Å². The normalized spacial score (nSPS) is 13.6. The maximum absolute atomic E-state index is 5.34. The summed E-state index contributed by atoms with van der Waals surface area (Å²) in [5, 5.41) is 0. The fourth-order valence-corrected chi connectivity index (χ4v) is 3.19. The molecule has 0 unspecified atom stereocenters. The summed E-state index contributed by atoms with van der Waals surface area (Å²) >= 11 is 0. The third-order valence-electron chi connectivity index (χ3n) is 5.12. The van der Waals surface area contributed by atoms with Gasteiger partial charge >= 0.3 is 0 Å². The van der Waals surface area contributed by atoms with E-state index in [1.54, 1.807) is 6.26 Å². The van der Waals surface area contributed by atoms with E-state index in [4.69, 9.17) is 15.6 Å². The van der Waals surface area contributed by atoms with Crippen molar-refractivity contribution >= 4 is 0 Å². The van der Waals surface area contributed by atoms with Crippen LogP contribution in [0.4, 0.5) is 0 Å². The lowest BCUT2D eigenvalue weighted by Gasteiger charge is -2.03. The Kier molecular flexibility index (Phi) is 14.2. The van der Waals surface area contributed by atoms with Crippen molar-refractivity contribution in [3.05, 3.63) is 70.8 Å². The molecule has 0 fully saturated rings. The van der Waals surface area contributed by atoms with Crippen LogP contribution in [0, 0.1) is 12.3 Å². The fourth-order valence-electron chi connectivity index (χ4n) is 3.19. The largest absolute Gasteiger partial charge is 0.472 e. The van der Waals surface area contributed by atoms with Crippen molar-refractivity contribution in [2.24, 2.45) is 0 Å². The van der Waals surface area contributed by atoms with E-state index < -0.39 is 0 Å². The molecule has 1 heterocycles. The highest BCUT2D eigenvalue weighted by Crippen LogP contribution is 2.14. The molecule has 1 rings (SSSR count). The summed E-state index contributed by atoms with van der Waals surface area (Å²) in [5.41, 5.74) is 6.96. The summed E-state index contributed by atoms with van der Waals surface area (Å²) in [4.78, 5) is 0. The van der Waals surface area contributed by atoms with Gasteiger partial charge in [-0.1, -0.05) is 52.5 Å². The molecule has 0 aliphatic rings. The second-order valence-electron chi connectivity index (χ2n) is 8.19. The number of terminal acetylenes is 1. The Morgan fingerprint density at radius 2 is 1.40 bits per heavy atom. The Morgan fingerprint density at radius 1 is 0.867 bits per heavy atom. The minimum absolute atomic E-state index is 0.388. The van der Waals surface area contributed by atoms with E-state index in [1.165, 1.54) is 27.9 Å². The molecule has 2 heteroatoms. The van der Waals surface area contributed by atoms with E-state index in [0.29, 0.717) is 13.2 Å². The minimum Gasteiger partial charge on any atom is -0.472 e. The van der Waals surface area contributed by atoms with Gasteiger partial charge in [0.15, 0.2) is 0 Å². The van der Waals surface area contributed by atoms with Crippen LogP contribution >= 0.6 is 0 Å². The first kappa shape index (κ1) is 25.8. The second kappa shape index (κ2) is 16.5. The quantitative estimate of drug-likeness (QED) is 0.167. The highest BCUT2D eigenvalue weighted by atomic mass is 16.5. The van der Waals surface area contributed by atoms with Gasteiger partial charge < -0.3 is 9.15 Å². The highest BCUT2D eigenvalue weighted by Gasteiger charge is 1.96. The SMILES string of the molecule is C#CCOC/C(C)=C/CC/C(C)=C/CC/C(C)=C/CC/C(C)=C/CCc1ccoc1. The van der Waals surface area contributed by atoms with Crippen molar-refractivity contribution < 1.29 is 9.15 Å². The second-order valence-corrected chi connectivity index (χ2v) is 8.19. The number of aryl methyl sites for hydroxylation is 1. The summed E-state index contributed by atoms with van der Waals surface area (Å²) < 4.78 is 10.5. The van der Waals surface area contributed by atoms with E-state index in [1.807, 2.05) is 12.3 Å². The molecule has 0 aromatic carbocycles. The Hall–Kier alpha value is -2.24. The molecular formula is C28H40O2. The Balaban J connectivity index is 2.17. The summed E-state index contributed by atoms with van der Waals surface area (Å²) in [6.45, 7) is 9.84. The predicted molar refractivity (Wildman–Crippen MR) is 129 cm³/mol. The van der Waals surface area contributed by atoms with Gasteiger partial charge in [-0.25, -0.2) is 0 Å². The number of rotatable bonds is 15. The zero-order valence-corrected chi connectivity index (χ0v) is 19.5. The first-order chi connectivity index (χ1) is 14.5. The van der Waals surface area contributed by atoms with Crippen molar-refractivity contribution in [3.8, 4) is 12.3 Å². The van der Waals surface area contributed by atoms with Gasteiger partial charge in [-0.15, -0.1) is 6.42 Å². The Labute approximate surface area is 184 Å². The van der Waals surface area contributed by atoms with E-state index in [9.17, 15) is 0 Å². The molecule has 1 aromatic rings. The molecule has 0 bridgehead atoms. The van der Waals surface area contributed by atoms with E-state index >= 15 is 0 Å². The molecule has 2 nitrogen and oxygen atoms in total. The van der Waals surface area contributed by atoms with Gasteiger partial charge in [-0.05, 0) is 90.7 Å². The van der Waals surface area contributed by atoms with Crippen molar-refractivity contribution in [1.82, 2.24) is 0 Å². The first-order valence-corrected chi connectivity index (χ1v) is 11.2. The molecule has 0 spiro atoms. The van der Waals surface area contributed by atoms with Crippen molar-refractivity contribution in [1.29, 1.82) is 0 Å². The molecule has 164 valence electrons. The lowest BCUT2D eigenvalue weighted by Crippen LogP contribution is -1.95. The Bertz CT molecular complexity index is 736. The maximum Gasteiger partial charge on any atom is 0.107 e. The highest BCUT2D eigenvalue weighted by molar-refractivity contribution is 5.10. The van der Waals surface area contributed by atoms with Crippen LogP contribution in [0.3, 0.4) is 0 Å². The smallest absolute Gasteiger partial charge is 0.107 e. The third-order valence-corrected chi connectivity index (χ3v) is 5.12. The fraction of sp³-hybridized carbons (Fsp3) is 0.500. The molecule has 0 aliphatic heterocycles. The van der Waals surface area contributed by atoms with Crippen molar-refractivity contribution in [2.45, 2.75) is 79.1 Å². The van der Waals surface area contributed by atoms with Gasteiger partial charge in [0.25, 0.3) is 0 Å². The molecule has 0 radical (unpaired) electrons. The minimum atomic E-state index is 0.388. The van der Waals surface area contributed by atoms with Crippen LogP contribution in [0.15, 0.2) is 69.6 Å². The predicted octanol–water partition coefficient (Wildman–Crippen LogP) is 7.99. The zero-order valence-electron chi connectivity index (χ0n) is 19.5. The van der Waals surface area contributed by atoms with Crippen LogP contribution in [0.5, 0.6) is 0 Å². The van der Waals surface area contributed by atoms with Crippen LogP contribution in [0.1, 0.15) is 78.2 Å². The standard InChI is InChI=1S/C28H40O2/c1-6-20-29-22-27(5)17-9-15-25(3)13-7-11-24(2)12-8-14-26(4)16-10-18-28-19-21-30-23-28/h1,12-13,16-17,19,21,23H,7-11,14-15,18,20,22H2,2-5H3/b24-12+,25-13+,26-16+,27-17+. The number of allylic oxidation sites excluding steroid dienone is 7. The summed E-state index contributed by atoms with van der Waals surface area (Å²) in [6.07, 6.45) is 27.0. The van der Waals surface area contributed by atoms with Gasteiger partial charge in [0.1, 0.15) is 6.61 Å². The topological polar surface area (TPSA) is 22.4 Å². The molecule has 0 N–H and O–H groups in total. The number of furan rings is 1. The summed E-state index contributed by atoms with van der Waals surface area (Å²) in [6, 6.07) is 2.04. The average molecular weight is 409 g/mol. The van der Waals surface area contributed by atoms with Gasteiger partial charge in [0.2, 0.25) is 0 Å². The zero-order chi connectivity index (χ0) is 22.0. The molecule has 0 saturated carbocycles. The van der Waals surface area contributed by atoms with Crippen molar-refractivity contribution in [2.75, 3.05) is 13.2 Å². The van der Waals surface area contributed by atoms with Crippen LogP contribution in [0.2, 0.25) is 0 Å². The van der Waals surface area contributed by atoms with Crippen LogP contribution < -0.4 is 0 Å². The molecule has 0 atom stereocenters. The van der Waals surface area contributed by atoms with Gasteiger partial charge in [-0.2, -0.15) is 0 Å². The average Bonchev–Trinajstić information content (AvgIpc) is 3.22. The van der Waals surface area contributed by atoms with Gasteiger partial charge in [0, 0.05) is 0 Å². The molecule has 30 heavy (non-hydrogen) atoms. The van der Waals surface area contributed by atoms with Crippen molar-refractivity contribution in [3.63, 3.8) is 0 Å². The molecule has 1 aromatic heterocycles. The lowest BCUT2D eigenvalue weighted by molar-refractivity contribution is 0.192. The monoisotopic (exact) mass is 408 g/mol. The maximum atomic E-state index is 5.34. The van der Waals surface area contributed by atoms with Crippen LogP contribution in [-0.4, -0.2) is 13.2 Å². The number of ether oxygens (including phenoxy) is 1. The number of hydrogen-bond donors (Lipinski definition) is 0. The third kappa shape index (κ3) is 13.9. The lowest BCUT2D eigenvalue weighted by atomic mass is 10.0. The first-order valence-electron chi connectivity index (χ1n) is 11.2. The Morgan fingerprint density at radius 3 is 1.90 bits per heavy atom. The van der Waals surface area contributed by atoms with Gasteiger partial charge in [-0.3, -0.25) is 0 Å². The van der Waals surface area contributed by atoms with Crippen LogP contribution in [0.25, 0.3) is 0 Å². The molecule has 0 aliphatic carbocycles. The molecular weight excluding hydrogens is 368 g/mol. The molecule has 0 amide bonds. The van der Waals surface area contributed by atoms with Gasteiger partial charge in [0.05, 0.1) is 19.1 Å². The van der Waals surface area contributed by atoms with E-state index in [-0.39, 0.29) is 0 Å². The summed E-state index contributed by atoms with van der Waals surface area (Å²) in [5.74, 6) is 2.49. The van der Waals surface area contributed by atoms with Crippen LogP contribution in [-0.2, 0) is 11.2 Å². The number of hydrogen-bond acceptors (Lipinski definition) is 2.